The first kappa shape index (κ1) is 17.0. The fraction of sp³-hybridized carbons (Fsp3) is 0.318. The molecular formula is C22H22N4O2. The van der Waals surface area contributed by atoms with Gasteiger partial charge >= 0.3 is 0 Å². The molecule has 2 amide bonds. The fourth-order valence-corrected chi connectivity index (χ4v) is 4.78. The molecule has 3 aromatic rings. The highest BCUT2D eigenvalue weighted by Gasteiger charge is 2.52. The summed E-state index contributed by atoms with van der Waals surface area (Å²) in [6.45, 7) is 3.03. The third kappa shape index (κ3) is 2.24. The van der Waals surface area contributed by atoms with Crippen molar-refractivity contribution in [1.29, 1.82) is 0 Å². The Labute approximate surface area is 163 Å². The number of aromatic amines is 1. The molecule has 0 bridgehead atoms. The molecule has 2 aliphatic rings. The average molecular weight is 374 g/mol. The van der Waals surface area contributed by atoms with Gasteiger partial charge < -0.3 is 9.80 Å². The lowest BCUT2D eigenvalue weighted by atomic mass is 9.75. The highest BCUT2D eigenvalue weighted by molar-refractivity contribution is 6.09. The molecule has 1 atom stereocenters. The SMILES string of the molecule is Cc1ccc2[nH]nc(C(=O)N3CCC[C@@]4(C3)C(=O)N(C)c3ccccc34)c2c1. The minimum absolute atomic E-state index is 0.0777. The Balaban J connectivity index is 1.53. The topological polar surface area (TPSA) is 69.3 Å². The Bertz CT molecular complexity index is 1120. The molecule has 5 rings (SSSR count). The molecule has 28 heavy (non-hydrogen) atoms. The van der Waals surface area contributed by atoms with Crippen molar-refractivity contribution in [2.45, 2.75) is 25.2 Å². The van der Waals surface area contributed by atoms with Gasteiger partial charge in [-0.1, -0.05) is 29.8 Å². The van der Waals surface area contributed by atoms with Crippen molar-refractivity contribution in [2.75, 3.05) is 25.0 Å². The van der Waals surface area contributed by atoms with Gasteiger partial charge in [-0.2, -0.15) is 5.10 Å². The monoisotopic (exact) mass is 374 g/mol. The summed E-state index contributed by atoms with van der Waals surface area (Å²) < 4.78 is 0. The van der Waals surface area contributed by atoms with Crippen molar-refractivity contribution in [1.82, 2.24) is 15.1 Å². The van der Waals surface area contributed by atoms with E-state index in [1.165, 1.54) is 0 Å². The minimum atomic E-state index is -0.652. The number of para-hydroxylation sites is 1. The second-order valence-electron chi connectivity index (χ2n) is 7.91. The lowest BCUT2D eigenvalue weighted by Gasteiger charge is -2.39. The number of hydrogen-bond donors (Lipinski definition) is 1. The van der Waals surface area contributed by atoms with Gasteiger partial charge in [-0.25, -0.2) is 0 Å². The number of likely N-dealkylation sites (tertiary alicyclic amines) is 1. The molecule has 2 aliphatic heterocycles. The number of benzene rings is 2. The number of amides is 2. The van der Waals surface area contributed by atoms with Gasteiger partial charge in [0.05, 0.1) is 10.9 Å². The molecule has 2 aromatic carbocycles. The second kappa shape index (κ2) is 5.92. The molecule has 1 N–H and O–H groups in total. The molecule has 1 fully saturated rings. The number of nitrogens with zero attached hydrogens (tertiary/aromatic N) is 3. The highest BCUT2D eigenvalue weighted by Crippen LogP contribution is 2.46. The summed E-state index contributed by atoms with van der Waals surface area (Å²) in [4.78, 5) is 30.1. The Morgan fingerprint density at radius 3 is 2.89 bits per heavy atom. The molecule has 0 saturated carbocycles. The average Bonchev–Trinajstić information content (AvgIpc) is 3.22. The van der Waals surface area contributed by atoms with E-state index in [-0.39, 0.29) is 11.8 Å². The van der Waals surface area contributed by atoms with Crippen LogP contribution in [-0.4, -0.2) is 47.0 Å². The first-order valence-corrected chi connectivity index (χ1v) is 9.63. The lowest BCUT2D eigenvalue weighted by Crippen LogP contribution is -2.53. The summed E-state index contributed by atoms with van der Waals surface area (Å²) in [7, 11) is 1.82. The predicted molar refractivity (Wildman–Crippen MR) is 107 cm³/mol. The van der Waals surface area contributed by atoms with E-state index in [2.05, 4.69) is 10.2 Å². The number of piperidine rings is 1. The Morgan fingerprint density at radius 1 is 1.21 bits per heavy atom. The van der Waals surface area contributed by atoms with Gasteiger partial charge in [0.15, 0.2) is 5.69 Å². The van der Waals surface area contributed by atoms with E-state index in [4.69, 9.17) is 0 Å². The first-order chi connectivity index (χ1) is 13.5. The van der Waals surface area contributed by atoms with E-state index in [1.54, 1.807) is 9.80 Å². The summed E-state index contributed by atoms with van der Waals surface area (Å²) >= 11 is 0. The molecule has 1 aromatic heterocycles. The van der Waals surface area contributed by atoms with Crippen molar-refractivity contribution in [3.63, 3.8) is 0 Å². The summed E-state index contributed by atoms with van der Waals surface area (Å²) in [5.74, 6) is -0.0373. The van der Waals surface area contributed by atoms with Gasteiger partial charge in [0.1, 0.15) is 0 Å². The zero-order valence-electron chi connectivity index (χ0n) is 16.0. The number of carbonyl (C=O) groups is 2. The highest BCUT2D eigenvalue weighted by atomic mass is 16.2. The number of likely N-dealkylation sites (N-methyl/N-ethyl adjacent to an activating group) is 1. The van der Waals surface area contributed by atoms with Crippen LogP contribution in [0.2, 0.25) is 0 Å². The molecule has 0 aliphatic carbocycles. The minimum Gasteiger partial charge on any atom is -0.336 e. The molecular weight excluding hydrogens is 352 g/mol. The van der Waals surface area contributed by atoms with Crippen LogP contribution in [0.5, 0.6) is 0 Å². The smallest absolute Gasteiger partial charge is 0.275 e. The molecule has 6 nitrogen and oxygen atoms in total. The van der Waals surface area contributed by atoms with Crippen molar-refractivity contribution in [2.24, 2.45) is 0 Å². The van der Waals surface area contributed by atoms with Crippen LogP contribution in [-0.2, 0) is 10.2 Å². The zero-order valence-corrected chi connectivity index (χ0v) is 16.0. The number of nitrogens with one attached hydrogen (secondary N) is 1. The van der Waals surface area contributed by atoms with E-state index in [0.717, 1.165) is 40.6 Å². The molecule has 142 valence electrons. The summed E-state index contributed by atoms with van der Waals surface area (Å²) in [6.07, 6.45) is 1.55. The second-order valence-corrected chi connectivity index (χ2v) is 7.91. The summed E-state index contributed by atoms with van der Waals surface area (Å²) in [5.41, 5.74) is 3.69. The van der Waals surface area contributed by atoms with Crippen molar-refractivity contribution in [3.05, 3.63) is 59.3 Å². The number of hydrogen-bond acceptors (Lipinski definition) is 3. The first-order valence-electron chi connectivity index (χ1n) is 9.63. The number of anilines is 1. The molecule has 0 radical (unpaired) electrons. The fourth-order valence-electron chi connectivity index (χ4n) is 4.78. The van der Waals surface area contributed by atoms with Crippen LogP contribution >= 0.6 is 0 Å². The van der Waals surface area contributed by atoms with Gasteiger partial charge in [0.2, 0.25) is 5.91 Å². The molecule has 3 heterocycles. The van der Waals surface area contributed by atoms with Crippen LogP contribution < -0.4 is 4.90 Å². The Hall–Kier alpha value is -3.15. The quantitative estimate of drug-likeness (QED) is 0.712. The van der Waals surface area contributed by atoms with E-state index < -0.39 is 5.41 Å². The maximum atomic E-state index is 13.3. The van der Waals surface area contributed by atoms with Crippen molar-refractivity contribution >= 4 is 28.4 Å². The zero-order chi connectivity index (χ0) is 19.5. The van der Waals surface area contributed by atoms with Crippen LogP contribution in [0.1, 0.15) is 34.5 Å². The summed E-state index contributed by atoms with van der Waals surface area (Å²) in [6, 6.07) is 13.8. The van der Waals surface area contributed by atoms with Crippen LogP contribution in [0, 0.1) is 6.92 Å². The number of fused-ring (bicyclic) bond motifs is 3. The van der Waals surface area contributed by atoms with Gasteiger partial charge in [-0.05, 0) is 43.5 Å². The van der Waals surface area contributed by atoms with Gasteiger partial charge in [0.25, 0.3) is 5.91 Å². The van der Waals surface area contributed by atoms with E-state index in [0.29, 0.717) is 18.8 Å². The third-order valence-electron chi connectivity index (χ3n) is 6.20. The number of carbonyl (C=O) groups excluding carboxylic acids is 2. The van der Waals surface area contributed by atoms with E-state index in [1.807, 2.05) is 56.4 Å². The number of rotatable bonds is 1. The Kier molecular flexibility index (Phi) is 3.59. The number of aryl methyl sites for hydroxylation is 1. The van der Waals surface area contributed by atoms with Crippen LogP contribution in [0.25, 0.3) is 10.9 Å². The molecule has 0 unspecified atom stereocenters. The van der Waals surface area contributed by atoms with Gasteiger partial charge in [0, 0.05) is 31.2 Å². The Morgan fingerprint density at radius 2 is 2.04 bits per heavy atom. The molecule has 1 saturated heterocycles. The van der Waals surface area contributed by atoms with E-state index >= 15 is 0 Å². The van der Waals surface area contributed by atoms with Gasteiger partial charge in [-0.3, -0.25) is 14.7 Å². The predicted octanol–water partition coefficient (Wildman–Crippen LogP) is 3.02. The normalized spacial score (nSPS) is 21.6. The van der Waals surface area contributed by atoms with Crippen LogP contribution in [0.3, 0.4) is 0 Å². The molecule has 1 spiro atoms. The number of H-pyrrole nitrogens is 1. The largest absolute Gasteiger partial charge is 0.336 e. The maximum Gasteiger partial charge on any atom is 0.275 e. The summed E-state index contributed by atoms with van der Waals surface area (Å²) in [5, 5.41) is 8.08. The van der Waals surface area contributed by atoms with E-state index in [9.17, 15) is 9.59 Å². The van der Waals surface area contributed by atoms with Gasteiger partial charge in [-0.15, -0.1) is 0 Å². The number of aromatic nitrogens is 2. The van der Waals surface area contributed by atoms with Crippen molar-refractivity contribution < 1.29 is 9.59 Å². The van der Waals surface area contributed by atoms with Crippen LogP contribution in [0.15, 0.2) is 42.5 Å². The third-order valence-corrected chi connectivity index (χ3v) is 6.20. The van der Waals surface area contributed by atoms with Crippen LogP contribution in [0.4, 0.5) is 5.69 Å². The lowest BCUT2D eigenvalue weighted by molar-refractivity contribution is -0.124. The molecule has 6 heteroatoms. The maximum absolute atomic E-state index is 13.3. The standard InChI is InChI=1S/C22H22N4O2/c1-14-8-9-17-15(12-14)19(24-23-17)20(27)26-11-5-10-22(13-26)16-6-3-4-7-18(16)25(2)21(22)28/h3-4,6-9,12H,5,10-11,13H2,1-2H3,(H,23,24)/t22-/m0/s1. The van der Waals surface area contributed by atoms with Crippen molar-refractivity contribution in [3.8, 4) is 0 Å².